The molecule has 0 aromatic carbocycles. The number of rotatable bonds is 2. The first-order valence-corrected chi connectivity index (χ1v) is 5.66. The highest BCUT2D eigenvalue weighted by atomic mass is 15.2. The molecule has 1 aromatic heterocycles. The van der Waals surface area contributed by atoms with Crippen LogP contribution in [-0.2, 0) is 0 Å². The van der Waals surface area contributed by atoms with Gasteiger partial charge >= 0.3 is 0 Å². The predicted octanol–water partition coefficient (Wildman–Crippen LogP) is 2.21. The van der Waals surface area contributed by atoms with Crippen molar-refractivity contribution in [2.45, 2.75) is 38.8 Å². The smallest absolute Gasteiger partial charge is 0.128 e. The minimum absolute atomic E-state index is 0.471. The molecule has 2 rings (SSSR count). The molecule has 1 atom stereocenters. The van der Waals surface area contributed by atoms with Gasteiger partial charge in [0.15, 0.2) is 0 Å². The first-order valence-electron chi connectivity index (χ1n) is 5.66. The van der Waals surface area contributed by atoms with Gasteiger partial charge in [-0.15, -0.1) is 0 Å². The van der Waals surface area contributed by atoms with E-state index in [0.29, 0.717) is 17.9 Å². The van der Waals surface area contributed by atoms with E-state index in [9.17, 15) is 0 Å². The minimum atomic E-state index is 0.471. The molecule has 15 heavy (non-hydrogen) atoms. The largest absolute Gasteiger partial charge is 0.383 e. The average molecular weight is 205 g/mol. The maximum absolute atomic E-state index is 5.92. The number of nitrogen functional groups attached to an aromatic ring is 1. The van der Waals surface area contributed by atoms with Crippen molar-refractivity contribution in [3.05, 3.63) is 23.9 Å². The van der Waals surface area contributed by atoms with Gasteiger partial charge in [-0.2, -0.15) is 0 Å². The van der Waals surface area contributed by atoms with Crippen LogP contribution in [0.3, 0.4) is 0 Å². The number of anilines is 1. The van der Waals surface area contributed by atoms with Gasteiger partial charge in [-0.3, -0.25) is 4.90 Å². The number of hydrogen-bond acceptors (Lipinski definition) is 3. The third-order valence-electron chi connectivity index (χ3n) is 3.19. The summed E-state index contributed by atoms with van der Waals surface area (Å²) in [7, 11) is 0. The lowest BCUT2D eigenvalue weighted by Crippen LogP contribution is -2.30. The van der Waals surface area contributed by atoms with Crippen molar-refractivity contribution in [2.24, 2.45) is 0 Å². The number of likely N-dealkylation sites (tertiary alicyclic amines) is 1. The van der Waals surface area contributed by atoms with Crippen LogP contribution in [0, 0.1) is 0 Å². The summed E-state index contributed by atoms with van der Waals surface area (Å²) < 4.78 is 0. The molecule has 2 N–H and O–H groups in total. The maximum Gasteiger partial charge on any atom is 0.128 e. The SMILES string of the molecule is CC(C)N1CCC[C@@H]1c1cccnc1N. The molecule has 0 bridgehead atoms. The molecule has 0 unspecified atom stereocenters. The Morgan fingerprint density at radius 2 is 2.33 bits per heavy atom. The van der Waals surface area contributed by atoms with Gasteiger partial charge in [-0.1, -0.05) is 6.07 Å². The van der Waals surface area contributed by atoms with E-state index in [0.717, 1.165) is 0 Å². The summed E-state index contributed by atoms with van der Waals surface area (Å²) in [5.74, 6) is 0.690. The van der Waals surface area contributed by atoms with Crippen LogP contribution in [0.5, 0.6) is 0 Å². The highest BCUT2D eigenvalue weighted by Gasteiger charge is 2.29. The van der Waals surface area contributed by atoms with Crippen LogP contribution in [0.4, 0.5) is 5.82 Å². The zero-order valence-corrected chi connectivity index (χ0v) is 9.48. The zero-order chi connectivity index (χ0) is 10.8. The first kappa shape index (κ1) is 10.4. The van der Waals surface area contributed by atoms with Crippen LogP contribution in [0.15, 0.2) is 18.3 Å². The van der Waals surface area contributed by atoms with Crippen LogP contribution >= 0.6 is 0 Å². The molecule has 3 nitrogen and oxygen atoms in total. The Morgan fingerprint density at radius 1 is 1.53 bits per heavy atom. The Labute approximate surface area is 91.3 Å². The number of nitrogens with zero attached hydrogens (tertiary/aromatic N) is 2. The van der Waals surface area contributed by atoms with Crippen molar-refractivity contribution in [1.29, 1.82) is 0 Å². The lowest BCUT2D eigenvalue weighted by Gasteiger charge is -2.28. The number of aromatic nitrogens is 1. The molecule has 0 saturated carbocycles. The van der Waals surface area contributed by atoms with Crippen molar-refractivity contribution < 1.29 is 0 Å². The van der Waals surface area contributed by atoms with E-state index in [1.807, 2.05) is 6.07 Å². The number of pyridine rings is 1. The average Bonchev–Trinajstić information content (AvgIpc) is 2.67. The van der Waals surface area contributed by atoms with E-state index in [1.54, 1.807) is 6.20 Å². The second-order valence-corrected chi connectivity index (χ2v) is 4.47. The van der Waals surface area contributed by atoms with Gasteiger partial charge in [-0.25, -0.2) is 4.98 Å². The van der Waals surface area contributed by atoms with Gasteiger partial charge in [0.25, 0.3) is 0 Å². The predicted molar refractivity (Wildman–Crippen MR) is 62.5 cm³/mol. The Balaban J connectivity index is 2.27. The van der Waals surface area contributed by atoms with E-state index in [2.05, 4.69) is 29.8 Å². The molecule has 2 heterocycles. The van der Waals surface area contributed by atoms with Gasteiger partial charge in [-0.05, 0) is 39.3 Å². The molecule has 3 heteroatoms. The van der Waals surface area contributed by atoms with E-state index >= 15 is 0 Å². The van der Waals surface area contributed by atoms with E-state index in [1.165, 1.54) is 24.9 Å². The standard InChI is InChI=1S/C12H19N3/c1-9(2)15-8-4-6-11(15)10-5-3-7-14-12(10)13/h3,5,7,9,11H,4,6,8H2,1-2H3,(H2,13,14)/t11-/m1/s1. The van der Waals surface area contributed by atoms with Crippen molar-refractivity contribution in [3.63, 3.8) is 0 Å². The summed E-state index contributed by atoms with van der Waals surface area (Å²) in [5, 5.41) is 0. The molecule has 1 saturated heterocycles. The fraction of sp³-hybridized carbons (Fsp3) is 0.583. The second kappa shape index (κ2) is 4.19. The van der Waals surface area contributed by atoms with Gasteiger partial charge in [0.05, 0.1) is 0 Å². The van der Waals surface area contributed by atoms with Crippen LogP contribution in [0.1, 0.15) is 38.3 Å². The highest BCUT2D eigenvalue weighted by molar-refractivity contribution is 5.41. The molecular formula is C12H19N3. The molecule has 0 amide bonds. The van der Waals surface area contributed by atoms with Crippen molar-refractivity contribution in [3.8, 4) is 0 Å². The molecule has 1 fully saturated rings. The van der Waals surface area contributed by atoms with E-state index < -0.39 is 0 Å². The molecule has 1 aliphatic heterocycles. The summed E-state index contributed by atoms with van der Waals surface area (Å²) in [6, 6.07) is 5.13. The number of hydrogen-bond donors (Lipinski definition) is 1. The highest BCUT2D eigenvalue weighted by Crippen LogP contribution is 2.35. The van der Waals surface area contributed by atoms with Crippen molar-refractivity contribution in [1.82, 2.24) is 9.88 Å². The van der Waals surface area contributed by atoms with Gasteiger partial charge in [0.2, 0.25) is 0 Å². The molecular weight excluding hydrogens is 186 g/mol. The Kier molecular flexibility index (Phi) is 2.91. The Bertz CT molecular complexity index is 335. The van der Waals surface area contributed by atoms with Crippen molar-refractivity contribution >= 4 is 5.82 Å². The van der Waals surface area contributed by atoms with Crippen LogP contribution in [0.25, 0.3) is 0 Å². The van der Waals surface area contributed by atoms with E-state index in [-0.39, 0.29) is 0 Å². The summed E-state index contributed by atoms with van der Waals surface area (Å²) in [4.78, 5) is 6.68. The second-order valence-electron chi connectivity index (χ2n) is 4.47. The molecule has 0 radical (unpaired) electrons. The first-order chi connectivity index (χ1) is 7.20. The molecule has 82 valence electrons. The van der Waals surface area contributed by atoms with Gasteiger partial charge < -0.3 is 5.73 Å². The fourth-order valence-corrected chi connectivity index (χ4v) is 2.45. The van der Waals surface area contributed by atoms with Crippen LogP contribution in [0.2, 0.25) is 0 Å². The normalized spacial score (nSPS) is 22.5. The maximum atomic E-state index is 5.92. The summed E-state index contributed by atoms with van der Waals surface area (Å²) >= 11 is 0. The lowest BCUT2D eigenvalue weighted by molar-refractivity contribution is 0.206. The minimum Gasteiger partial charge on any atom is -0.383 e. The zero-order valence-electron chi connectivity index (χ0n) is 9.48. The van der Waals surface area contributed by atoms with Crippen molar-refractivity contribution in [2.75, 3.05) is 12.3 Å². The molecule has 0 spiro atoms. The lowest BCUT2D eigenvalue weighted by atomic mass is 10.0. The Hall–Kier alpha value is -1.09. The molecule has 1 aromatic rings. The monoisotopic (exact) mass is 205 g/mol. The van der Waals surface area contributed by atoms with E-state index in [4.69, 9.17) is 5.73 Å². The summed E-state index contributed by atoms with van der Waals surface area (Å²) in [6.45, 7) is 5.66. The topological polar surface area (TPSA) is 42.2 Å². The quantitative estimate of drug-likeness (QED) is 0.805. The molecule has 1 aliphatic rings. The fourth-order valence-electron chi connectivity index (χ4n) is 2.45. The number of nitrogens with two attached hydrogens (primary N) is 1. The van der Waals surface area contributed by atoms with Gasteiger partial charge in [0.1, 0.15) is 5.82 Å². The van der Waals surface area contributed by atoms with Gasteiger partial charge in [0, 0.05) is 23.8 Å². The summed E-state index contributed by atoms with van der Waals surface area (Å²) in [6.07, 6.45) is 4.22. The molecule has 0 aliphatic carbocycles. The third-order valence-corrected chi connectivity index (χ3v) is 3.19. The van der Waals surface area contributed by atoms with Crippen LogP contribution < -0.4 is 5.73 Å². The third kappa shape index (κ3) is 1.97. The summed E-state index contributed by atoms with van der Waals surface area (Å²) in [5.41, 5.74) is 7.12. The Morgan fingerprint density at radius 3 is 3.00 bits per heavy atom. The van der Waals surface area contributed by atoms with Crippen LogP contribution in [-0.4, -0.2) is 22.5 Å².